The number of alkyl halides is 3. The number of nitrogens with zero attached hydrogens (tertiary/aromatic N) is 2. The molecule has 2 aromatic rings. The zero-order valence-electron chi connectivity index (χ0n) is 15.0. The van der Waals surface area contributed by atoms with Crippen LogP contribution in [0.1, 0.15) is 5.56 Å². The SMILES string of the molecule is COc1ccc(C(F)(F)F)cc1NC(=O)CN1CCN(c2ccccc2)C1=O. The standard InChI is InChI=1S/C19H18F3N3O3/c1-28-16-8-7-13(19(20,21)22)11-15(16)23-17(26)12-24-9-10-25(18(24)27)14-5-3-2-4-6-14/h2-8,11H,9-10,12H2,1H3,(H,23,26). The van der Waals surface area contributed by atoms with Crippen LogP contribution in [0.5, 0.6) is 5.75 Å². The fraction of sp³-hybridized carbons (Fsp3) is 0.263. The molecule has 9 heteroatoms. The zero-order chi connectivity index (χ0) is 20.3. The number of hydrogen-bond acceptors (Lipinski definition) is 3. The van der Waals surface area contributed by atoms with Gasteiger partial charge in [-0.25, -0.2) is 4.79 Å². The Balaban J connectivity index is 1.69. The molecule has 0 bridgehead atoms. The molecule has 6 nitrogen and oxygen atoms in total. The summed E-state index contributed by atoms with van der Waals surface area (Å²) in [5, 5.41) is 2.40. The summed E-state index contributed by atoms with van der Waals surface area (Å²) in [5.41, 5.74) is -0.292. The van der Waals surface area contributed by atoms with Crippen molar-refractivity contribution in [3.05, 3.63) is 54.1 Å². The van der Waals surface area contributed by atoms with Crippen molar-refractivity contribution < 1.29 is 27.5 Å². The number of urea groups is 1. The second-order valence-corrected chi connectivity index (χ2v) is 6.15. The fourth-order valence-electron chi connectivity index (χ4n) is 2.92. The van der Waals surface area contributed by atoms with Gasteiger partial charge in [0.05, 0.1) is 18.4 Å². The first kappa shape index (κ1) is 19.5. The van der Waals surface area contributed by atoms with Crippen LogP contribution in [-0.4, -0.2) is 43.6 Å². The molecule has 148 valence electrons. The van der Waals surface area contributed by atoms with E-state index in [4.69, 9.17) is 4.74 Å². The van der Waals surface area contributed by atoms with Crippen molar-refractivity contribution in [3.63, 3.8) is 0 Å². The van der Waals surface area contributed by atoms with Crippen molar-refractivity contribution in [2.24, 2.45) is 0 Å². The van der Waals surface area contributed by atoms with Gasteiger partial charge in [-0.05, 0) is 30.3 Å². The molecule has 1 saturated heterocycles. The van der Waals surface area contributed by atoms with Crippen LogP contribution < -0.4 is 15.0 Å². The number of nitrogens with one attached hydrogen (secondary N) is 1. The summed E-state index contributed by atoms with van der Waals surface area (Å²) < 4.78 is 43.7. The van der Waals surface area contributed by atoms with Crippen molar-refractivity contribution in [3.8, 4) is 5.75 Å². The maximum atomic E-state index is 12.9. The second kappa shape index (κ2) is 7.79. The number of hydrogen-bond donors (Lipinski definition) is 1. The minimum atomic E-state index is -4.55. The lowest BCUT2D eigenvalue weighted by Gasteiger charge is -2.19. The molecule has 0 saturated carbocycles. The summed E-state index contributed by atoms with van der Waals surface area (Å²) in [7, 11) is 1.29. The quantitative estimate of drug-likeness (QED) is 0.845. The first-order chi connectivity index (χ1) is 13.3. The molecule has 1 N–H and O–H groups in total. The molecule has 1 aliphatic rings. The lowest BCUT2D eigenvalue weighted by Crippen LogP contribution is -2.37. The highest BCUT2D eigenvalue weighted by molar-refractivity contribution is 5.99. The predicted octanol–water partition coefficient (Wildman–Crippen LogP) is 3.59. The van der Waals surface area contributed by atoms with Crippen LogP contribution in [0, 0.1) is 0 Å². The maximum absolute atomic E-state index is 12.9. The second-order valence-electron chi connectivity index (χ2n) is 6.15. The summed E-state index contributed by atoms with van der Waals surface area (Å²) in [4.78, 5) is 27.7. The van der Waals surface area contributed by atoms with Crippen LogP contribution in [0.2, 0.25) is 0 Å². The summed E-state index contributed by atoms with van der Waals surface area (Å²) >= 11 is 0. The van der Waals surface area contributed by atoms with E-state index in [9.17, 15) is 22.8 Å². The molecule has 0 spiro atoms. The molecule has 1 aliphatic heterocycles. The van der Waals surface area contributed by atoms with Crippen molar-refractivity contribution in [2.45, 2.75) is 6.18 Å². The van der Waals surface area contributed by atoms with E-state index >= 15 is 0 Å². The van der Waals surface area contributed by atoms with Crippen LogP contribution in [0.3, 0.4) is 0 Å². The van der Waals surface area contributed by atoms with Crippen molar-refractivity contribution in [1.29, 1.82) is 0 Å². The van der Waals surface area contributed by atoms with Gasteiger partial charge in [0.1, 0.15) is 12.3 Å². The van der Waals surface area contributed by atoms with E-state index in [-0.39, 0.29) is 24.0 Å². The molecule has 0 atom stereocenters. The Kier molecular flexibility index (Phi) is 5.43. The average molecular weight is 393 g/mol. The largest absolute Gasteiger partial charge is 0.495 e. The zero-order valence-corrected chi connectivity index (χ0v) is 15.0. The number of ether oxygens (including phenoxy) is 1. The van der Waals surface area contributed by atoms with Gasteiger partial charge in [-0.2, -0.15) is 13.2 Å². The van der Waals surface area contributed by atoms with Crippen LogP contribution in [0.25, 0.3) is 0 Å². The predicted molar refractivity (Wildman–Crippen MR) is 97.4 cm³/mol. The molecule has 0 aliphatic carbocycles. The summed E-state index contributed by atoms with van der Waals surface area (Å²) in [6, 6.07) is 11.5. The van der Waals surface area contributed by atoms with E-state index in [1.165, 1.54) is 16.9 Å². The Labute approximate surface area is 159 Å². The van der Waals surface area contributed by atoms with Gasteiger partial charge in [0.25, 0.3) is 0 Å². The summed E-state index contributed by atoms with van der Waals surface area (Å²) in [6.07, 6.45) is -4.55. The third kappa shape index (κ3) is 4.19. The number of rotatable bonds is 5. The molecule has 28 heavy (non-hydrogen) atoms. The molecule has 1 fully saturated rings. The highest BCUT2D eigenvalue weighted by Gasteiger charge is 2.33. The van der Waals surface area contributed by atoms with Gasteiger partial charge in [0, 0.05) is 18.8 Å². The van der Waals surface area contributed by atoms with Gasteiger partial charge in [-0.15, -0.1) is 0 Å². The Hall–Kier alpha value is -3.23. The summed E-state index contributed by atoms with van der Waals surface area (Å²) in [6.45, 7) is 0.478. The number of amides is 3. The maximum Gasteiger partial charge on any atom is 0.416 e. The van der Waals surface area contributed by atoms with Gasteiger partial charge in [-0.1, -0.05) is 18.2 Å². The van der Waals surface area contributed by atoms with E-state index in [2.05, 4.69) is 5.32 Å². The average Bonchev–Trinajstić information content (AvgIpc) is 3.02. The molecule has 0 aromatic heterocycles. The Morgan fingerprint density at radius 2 is 1.86 bits per heavy atom. The number of anilines is 2. The topological polar surface area (TPSA) is 61.9 Å². The van der Waals surface area contributed by atoms with Crippen LogP contribution in [-0.2, 0) is 11.0 Å². The smallest absolute Gasteiger partial charge is 0.416 e. The normalized spacial score (nSPS) is 14.4. The monoisotopic (exact) mass is 393 g/mol. The third-order valence-corrected chi connectivity index (χ3v) is 4.30. The minimum absolute atomic E-state index is 0.0972. The highest BCUT2D eigenvalue weighted by atomic mass is 19.4. The minimum Gasteiger partial charge on any atom is -0.495 e. The van der Waals surface area contributed by atoms with E-state index < -0.39 is 17.6 Å². The third-order valence-electron chi connectivity index (χ3n) is 4.30. The Morgan fingerprint density at radius 3 is 2.50 bits per heavy atom. The molecule has 0 unspecified atom stereocenters. The van der Waals surface area contributed by atoms with Gasteiger partial charge in [0.15, 0.2) is 0 Å². The van der Waals surface area contributed by atoms with Crippen molar-refractivity contribution >= 4 is 23.3 Å². The van der Waals surface area contributed by atoms with E-state index in [1.54, 1.807) is 24.3 Å². The molecule has 2 aromatic carbocycles. The first-order valence-electron chi connectivity index (χ1n) is 8.46. The Morgan fingerprint density at radius 1 is 1.14 bits per heavy atom. The first-order valence-corrected chi connectivity index (χ1v) is 8.46. The van der Waals surface area contributed by atoms with E-state index in [1.807, 2.05) is 6.07 Å². The van der Waals surface area contributed by atoms with Gasteiger partial charge in [-0.3, -0.25) is 9.69 Å². The van der Waals surface area contributed by atoms with Gasteiger partial charge < -0.3 is 15.0 Å². The van der Waals surface area contributed by atoms with Crippen molar-refractivity contribution in [1.82, 2.24) is 4.90 Å². The number of benzene rings is 2. The Bertz CT molecular complexity index is 872. The van der Waals surface area contributed by atoms with E-state index in [0.717, 1.165) is 23.9 Å². The molecule has 0 radical (unpaired) electrons. The lowest BCUT2D eigenvalue weighted by molar-refractivity contribution is -0.137. The van der Waals surface area contributed by atoms with Crippen LogP contribution in [0.15, 0.2) is 48.5 Å². The molecule has 3 amide bonds. The number of carbonyl (C=O) groups excluding carboxylic acids is 2. The molecule has 1 heterocycles. The summed E-state index contributed by atoms with van der Waals surface area (Å²) in [5.74, 6) is -0.513. The fourth-order valence-corrected chi connectivity index (χ4v) is 2.92. The number of halogens is 3. The highest BCUT2D eigenvalue weighted by Crippen LogP contribution is 2.35. The van der Waals surface area contributed by atoms with Crippen LogP contribution in [0.4, 0.5) is 29.3 Å². The number of para-hydroxylation sites is 1. The lowest BCUT2D eigenvalue weighted by atomic mass is 10.1. The van der Waals surface area contributed by atoms with Crippen molar-refractivity contribution in [2.75, 3.05) is 37.0 Å². The molecular formula is C19H18F3N3O3. The molecular weight excluding hydrogens is 375 g/mol. The van der Waals surface area contributed by atoms with Gasteiger partial charge >= 0.3 is 12.2 Å². The van der Waals surface area contributed by atoms with Gasteiger partial charge in [0.2, 0.25) is 5.91 Å². The number of methoxy groups -OCH3 is 1. The molecule has 3 rings (SSSR count). The van der Waals surface area contributed by atoms with E-state index in [0.29, 0.717) is 13.1 Å². The number of carbonyl (C=O) groups is 2. The van der Waals surface area contributed by atoms with Crippen LogP contribution >= 0.6 is 0 Å².